The first-order valence-electron chi connectivity index (χ1n) is 7.36. The fourth-order valence-electron chi connectivity index (χ4n) is 2.52. The molecule has 1 saturated heterocycles. The molecule has 2 amide bonds. The van der Waals surface area contributed by atoms with Gasteiger partial charge in [-0.05, 0) is 12.1 Å². The van der Waals surface area contributed by atoms with E-state index < -0.39 is 0 Å². The quantitative estimate of drug-likeness (QED) is 0.820. The third-order valence-corrected chi connectivity index (χ3v) is 4.64. The van der Waals surface area contributed by atoms with E-state index in [-0.39, 0.29) is 16.8 Å². The second-order valence-electron chi connectivity index (χ2n) is 5.28. The van der Waals surface area contributed by atoms with Crippen LogP contribution in [0, 0.1) is 0 Å². The van der Waals surface area contributed by atoms with Crippen molar-refractivity contribution < 1.29 is 9.59 Å². The Hall–Kier alpha value is -2.18. The van der Waals surface area contributed by atoms with Crippen LogP contribution in [0.3, 0.4) is 0 Å². The van der Waals surface area contributed by atoms with E-state index in [0.717, 1.165) is 0 Å². The maximum atomic E-state index is 12.6. The third-order valence-electron chi connectivity index (χ3n) is 3.82. The van der Waals surface area contributed by atoms with Gasteiger partial charge in [0, 0.05) is 38.6 Å². The molecule has 0 saturated carbocycles. The monoisotopic (exact) mass is 364 g/mol. The van der Waals surface area contributed by atoms with Crippen LogP contribution in [-0.4, -0.2) is 57.8 Å². The van der Waals surface area contributed by atoms with Gasteiger partial charge in [0.05, 0.1) is 21.8 Å². The van der Waals surface area contributed by atoms with Gasteiger partial charge in [-0.25, -0.2) is 4.98 Å². The lowest BCUT2D eigenvalue weighted by Gasteiger charge is -2.34. The van der Waals surface area contributed by atoms with Gasteiger partial charge >= 0.3 is 0 Å². The molecule has 0 radical (unpaired) electrons. The molecule has 3 rings (SSSR count). The van der Waals surface area contributed by atoms with Gasteiger partial charge in [-0.1, -0.05) is 29.3 Å². The van der Waals surface area contributed by atoms with Crippen molar-refractivity contribution in [2.75, 3.05) is 26.2 Å². The first-order valence-corrected chi connectivity index (χ1v) is 8.12. The lowest BCUT2D eigenvalue weighted by molar-refractivity contribution is 0.0532. The van der Waals surface area contributed by atoms with Crippen molar-refractivity contribution in [1.29, 1.82) is 0 Å². The molecule has 1 aliphatic rings. The molecular weight excluding hydrogens is 351 g/mol. The normalized spacial score (nSPS) is 14.6. The standard InChI is InChI=1S/C16H14Cl2N4O2/c17-12-3-1-2-11(14(12)18)15(23)21-6-8-22(9-7-21)16(24)13-10-19-4-5-20-13/h1-5,10H,6-9H2. The summed E-state index contributed by atoms with van der Waals surface area (Å²) in [4.78, 5) is 36.1. The van der Waals surface area contributed by atoms with Crippen LogP contribution in [0.25, 0.3) is 0 Å². The number of carbonyl (C=O) groups excluding carboxylic acids is 2. The first-order chi connectivity index (χ1) is 11.6. The number of piperazine rings is 1. The Labute approximate surface area is 149 Å². The molecule has 1 fully saturated rings. The molecule has 1 aliphatic heterocycles. The molecule has 24 heavy (non-hydrogen) atoms. The fourth-order valence-corrected chi connectivity index (χ4v) is 2.90. The lowest BCUT2D eigenvalue weighted by Crippen LogP contribution is -2.50. The Bertz CT molecular complexity index is 762. The highest BCUT2D eigenvalue weighted by molar-refractivity contribution is 6.43. The number of hydrogen-bond donors (Lipinski definition) is 0. The molecule has 0 bridgehead atoms. The van der Waals surface area contributed by atoms with Crippen LogP contribution in [0.5, 0.6) is 0 Å². The molecule has 2 aromatic rings. The Balaban J connectivity index is 1.66. The van der Waals surface area contributed by atoms with Gasteiger partial charge in [0.25, 0.3) is 11.8 Å². The number of hydrogen-bond acceptors (Lipinski definition) is 4. The predicted octanol–water partition coefficient (Wildman–Crippen LogP) is 2.38. The fraction of sp³-hybridized carbons (Fsp3) is 0.250. The van der Waals surface area contributed by atoms with Crippen LogP contribution in [0.1, 0.15) is 20.8 Å². The highest BCUT2D eigenvalue weighted by Crippen LogP contribution is 2.26. The number of benzene rings is 1. The summed E-state index contributed by atoms with van der Waals surface area (Å²) in [6, 6.07) is 4.97. The Morgan fingerprint density at radius 2 is 1.62 bits per heavy atom. The van der Waals surface area contributed by atoms with Crippen molar-refractivity contribution in [1.82, 2.24) is 19.8 Å². The highest BCUT2D eigenvalue weighted by atomic mass is 35.5. The zero-order valence-electron chi connectivity index (χ0n) is 12.7. The van der Waals surface area contributed by atoms with Gasteiger partial charge in [0.15, 0.2) is 0 Å². The molecule has 8 heteroatoms. The molecular formula is C16H14Cl2N4O2. The van der Waals surface area contributed by atoms with E-state index in [9.17, 15) is 9.59 Å². The molecule has 6 nitrogen and oxygen atoms in total. The largest absolute Gasteiger partial charge is 0.335 e. The molecule has 0 atom stereocenters. The summed E-state index contributed by atoms with van der Waals surface area (Å²) < 4.78 is 0. The molecule has 1 aromatic carbocycles. The second-order valence-corrected chi connectivity index (χ2v) is 6.06. The Morgan fingerprint density at radius 1 is 0.958 bits per heavy atom. The zero-order chi connectivity index (χ0) is 17.1. The minimum atomic E-state index is -0.186. The molecule has 1 aromatic heterocycles. The predicted molar refractivity (Wildman–Crippen MR) is 90.3 cm³/mol. The van der Waals surface area contributed by atoms with E-state index in [4.69, 9.17) is 23.2 Å². The van der Waals surface area contributed by atoms with Gasteiger partial charge in [-0.3, -0.25) is 14.6 Å². The summed E-state index contributed by atoms with van der Waals surface area (Å²) in [5, 5.41) is 0.598. The molecule has 0 N–H and O–H groups in total. The number of nitrogens with zero attached hydrogens (tertiary/aromatic N) is 4. The highest BCUT2D eigenvalue weighted by Gasteiger charge is 2.27. The van der Waals surface area contributed by atoms with Gasteiger partial charge < -0.3 is 9.80 Å². The van der Waals surface area contributed by atoms with Crippen LogP contribution in [0.15, 0.2) is 36.8 Å². The van der Waals surface area contributed by atoms with E-state index in [1.807, 2.05) is 0 Å². The number of halogens is 2. The minimum absolute atomic E-state index is 0.184. The Morgan fingerprint density at radius 3 is 2.25 bits per heavy atom. The van der Waals surface area contributed by atoms with Crippen molar-refractivity contribution in [2.45, 2.75) is 0 Å². The summed E-state index contributed by atoms with van der Waals surface area (Å²) in [7, 11) is 0. The average molecular weight is 365 g/mol. The maximum absolute atomic E-state index is 12.6. The average Bonchev–Trinajstić information content (AvgIpc) is 2.64. The summed E-state index contributed by atoms with van der Waals surface area (Å²) in [5.41, 5.74) is 0.674. The SMILES string of the molecule is O=C(c1cnccn1)N1CCN(C(=O)c2cccc(Cl)c2Cl)CC1. The smallest absolute Gasteiger partial charge is 0.274 e. The number of aromatic nitrogens is 2. The third kappa shape index (κ3) is 3.34. The van der Waals surface area contributed by atoms with Crippen LogP contribution in [0.2, 0.25) is 10.0 Å². The number of rotatable bonds is 2. The van der Waals surface area contributed by atoms with Crippen LogP contribution in [0.4, 0.5) is 0 Å². The van der Waals surface area contributed by atoms with Gasteiger partial charge in [-0.2, -0.15) is 0 Å². The van der Waals surface area contributed by atoms with Crippen LogP contribution in [-0.2, 0) is 0 Å². The van der Waals surface area contributed by atoms with E-state index in [1.165, 1.54) is 18.6 Å². The van der Waals surface area contributed by atoms with E-state index in [2.05, 4.69) is 9.97 Å². The van der Waals surface area contributed by atoms with Gasteiger partial charge in [0.1, 0.15) is 5.69 Å². The van der Waals surface area contributed by atoms with Crippen LogP contribution < -0.4 is 0 Å². The van der Waals surface area contributed by atoms with Crippen molar-refractivity contribution in [3.05, 3.63) is 58.1 Å². The lowest BCUT2D eigenvalue weighted by atomic mass is 10.1. The van der Waals surface area contributed by atoms with E-state index in [0.29, 0.717) is 42.5 Å². The second kappa shape index (κ2) is 7.15. The summed E-state index contributed by atoms with van der Waals surface area (Å²) in [6.07, 6.45) is 4.43. The zero-order valence-corrected chi connectivity index (χ0v) is 14.2. The summed E-state index contributed by atoms with van der Waals surface area (Å²) >= 11 is 12.1. The van der Waals surface area contributed by atoms with Gasteiger partial charge in [-0.15, -0.1) is 0 Å². The summed E-state index contributed by atoms with van der Waals surface area (Å²) in [5.74, 6) is -0.370. The van der Waals surface area contributed by atoms with E-state index in [1.54, 1.807) is 28.0 Å². The maximum Gasteiger partial charge on any atom is 0.274 e. The molecule has 0 spiro atoms. The molecule has 2 heterocycles. The minimum Gasteiger partial charge on any atom is -0.335 e. The molecule has 0 unspecified atom stereocenters. The van der Waals surface area contributed by atoms with Crippen molar-refractivity contribution in [3.63, 3.8) is 0 Å². The topological polar surface area (TPSA) is 66.4 Å². The van der Waals surface area contributed by atoms with Crippen molar-refractivity contribution in [3.8, 4) is 0 Å². The molecule has 0 aliphatic carbocycles. The van der Waals surface area contributed by atoms with Crippen molar-refractivity contribution in [2.24, 2.45) is 0 Å². The van der Waals surface area contributed by atoms with E-state index >= 15 is 0 Å². The number of carbonyl (C=O) groups is 2. The Kier molecular flexibility index (Phi) is 4.97. The molecule has 124 valence electrons. The van der Waals surface area contributed by atoms with Crippen LogP contribution >= 0.6 is 23.2 Å². The first kappa shape index (κ1) is 16.7. The van der Waals surface area contributed by atoms with Gasteiger partial charge in [0.2, 0.25) is 0 Å². The number of amides is 2. The summed E-state index contributed by atoms with van der Waals surface area (Å²) in [6.45, 7) is 1.71. The van der Waals surface area contributed by atoms with Crippen molar-refractivity contribution >= 4 is 35.0 Å².